The normalized spacial score (nSPS) is 11.1. The van der Waals surface area contributed by atoms with Crippen molar-refractivity contribution in [2.45, 2.75) is 0 Å². The Morgan fingerprint density at radius 3 is 2.59 bits per heavy atom. The average Bonchev–Trinajstić information content (AvgIpc) is 2.84. The van der Waals surface area contributed by atoms with Crippen molar-refractivity contribution in [3.05, 3.63) is 46.9 Å². The Morgan fingerprint density at radius 1 is 1.18 bits per heavy atom. The van der Waals surface area contributed by atoms with Crippen LogP contribution in [0.4, 0.5) is 10.1 Å². The first-order valence-corrected chi connectivity index (χ1v) is 7.89. The standard InChI is InChI=1S/C17H17BrFN3/c1-21(10-9-19)14-6-3-12(4-7-14)17-20-15-8-5-13(18)11-16(15)22(17)2/h3-8,11H,9-10H2,1-2H3. The Balaban J connectivity index is 1.99. The van der Waals surface area contributed by atoms with Crippen molar-refractivity contribution in [3.8, 4) is 11.4 Å². The molecule has 1 aromatic heterocycles. The zero-order valence-electron chi connectivity index (χ0n) is 12.6. The van der Waals surface area contributed by atoms with Crippen LogP contribution < -0.4 is 4.90 Å². The number of rotatable bonds is 4. The maximum absolute atomic E-state index is 12.4. The number of nitrogens with zero attached hydrogens (tertiary/aromatic N) is 3. The summed E-state index contributed by atoms with van der Waals surface area (Å²) in [5.41, 5.74) is 4.11. The van der Waals surface area contributed by atoms with Crippen molar-refractivity contribution >= 4 is 32.7 Å². The lowest BCUT2D eigenvalue weighted by molar-refractivity contribution is 0.497. The van der Waals surface area contributed by atoms with E-state index in [9.17, 15) is 4.39 Å². The minimum absolute atomic E-state index is 0.349. The van der Waals surface area contributed by atoms with Gasteiger partial charge in [0, 0.05) is 36.4 Å². The second-order valence-electron chi connectivity index (χ2n) is 5.28. The first-order valence-electron chi connectivity index (χ1n) is 7.09. The molecule has 0 aliphatic heterocycles. The molecule has 0 fully saturated rings. The van der Waals surface area contributed by atoms with Crippen LogP contribution in [0.25, 0.3) is 22.4 Å². The Hall–Kier alpha value is -1.88. The summed E-state index contributed by atoms with van der Waals surface area (Å²) in [6, 6.07) is 14.1. The Labute approximate surface area is 137 Å². The molecule has 5 heteroatoms. The quantitative estimate of drug-likeness (QED) is 0.686. The monoisotopic (exact) mass is 361 g/mol. The molecule has 0 bridgehead atoms. The summed E-state index contributed by atoms with van der Waals surface area (Å²) in [6.45, 7) is 0.0531. The third kappa shape index (κ3) is 2.73. The van der Waals surface area contributed by atoms with E-state index in [0.29, 0.717) is 6.54 Å². The van der Waals surface area contributed by atoms with Gasteiger partial charge in [-0.1, -0.05) is 15.9 Å². The van der Waals surface area contributed by atoms with Crippen LogP contribution in [0.3, 0.4) is 0 Å². The van der Waals surface area contributed by atoms with Crippen LogP contribution >= 0.6 is 15.9 Å². The lowest BCUT2D eigenvalue weighted by atomic mass is 10.2. The molecule has 2 aromatic carbocycles. The molecule has 3 rings (SSSR count). The molecule has 0 aliphatic rings. The highest BCUT2D eigenvalue weighted by molar-refractivity contribution is 9.10. The molecular formula is C17H17BrFN3. The number of fused-ring (bicyclic) bond motifs is 1. The van der Waals surface area contributed by atoms with Gasteiger partial charge in [-0.3, -0.25) is 0 Å². The Morgan fingerprint density at radius 2 is 1.91 bits per heavy atom. The number of hydrogen-bond acceptors (Lipinski definition) is 2. The van der Waals surface area contributed by atoms with Gasteiger partial charge in [0.2, 0.25) is 0 Å². The maximum Gasteiger partial charge on any atom is 0.140 e. The number of hydrogen-bond donors (Lipinski definition) is 0. The minimum Gasteiger partial charge on any atom is -0.372 e. The Bertz CT molecular complexity index is 796. The van der Waals surface area contributed by atoms with Crippen LogP contribution in [0.2, 0.25) is 0 Å². The third-order valence-electron chi connectivity index (χ3n) is 3.83. The second kappa shape index (κ2) is 6.08. The van der Waals surface area contributed by atoms with Crippen molar-refractivity contribution in [2.24, 2.45) is 7.05 Å². The van der Waals surface area contributed by atoms with Crippen LogP contribution in [0.15, 0.2) is 46.9 Å². The molecule has 0 N–H and O–H groups in total. The summed E-state index contributed by atoms with van der Waals surface area (Å²) in [5, 5.41) is 0. The molecule has 114 valence electrons. The van der Waals surface area contributed by atoms with Gasteiger partial charge in [0.25, 0.3) is 0 Å². The molecule has 0 aliphatic carbocycles. The van der Waals surface area contributed by atoms with Gasteiger partial charge in [0.15, 0.2) is 0 Å². The summed E-state index contributed by atoms with van der Waals surface area (Å²) < 4.78 is 15.5. The number of aryl methyl sites for hydroxylation is 1. The van der Waals surface area contributed by atoms with Crippen LogP contribution in [-0.4, -0.2) is 29.8 Å². The highest BCUT2D eigenvalue weighted by Gasteiger charge is 2.10. The molecule has 3 nitrogen and oxygen atoms in total. The summed E-state index contributed by atoms with van der Waals surface area (Å²) in [5.74, 6) is 0.924. The van der Waals surface area contributed by atoms with E-state index in [2.05, 4.69) is 26.6 Å². The number of benzene rings is 2. The van der Waals surface area contributed by atoms with Crippen molar-refractivity contribution < 1.29 is 4.39 Å². The van der Waals surface area contributed by atoms with E-state index in [1.54, 1.807) is 0 Å². The summed E-state index contributed by atoms with van der Waals surface area (Å²) >= 11 is 3.49. The van der Waals surface area contributed by atoms with Gasteiger partial charge in [-0.05, 0) is 42.5 Å². The first kappa shape index (κ1) is 15.0. The molecule has 22 heavy (non-hydrogen) atoms. The summed E-state index contributed by atoms with van der Waals surface area (Å²) in [4.78, 5) is 6.60. The number of imidazole rings is 1. The zero-order valence-corrected chi connectivity index (χ0v) is 14.1. The van der Waals surface area contributed by atoms with Crippen molar-refractivity contribution in [2.75, 3.05) is 25.2 Å². The van der Waals surface area contributed by atoms with E-state index in [4.69, 9.17) is 4.98 Å². The van der Waals surface area contributed by atoms with Crippen LogP contribution in [-0.2, 0) is 7.05 Å². The molecule has 0 radical (unpaired) electrons. The molecule has 0 saturated carbocycles. The number of anilines is 1. The fourth-order valence-corrected chi connectivity index (χ4v) is 2.89. The average molecular weight is 362 g/mol. The number of aromatic nitrogens is 2. The van der Waals surface area contributed by atoms with E-state index < -0.39 is 0 Å². The first-order chi connectivity index (χ1) is 10.6. The highest BCUT2D eigenvalue weighted by atomic mass is 79.9. The highest BCUT2D eigenvalue weighted by Crippen LogP contribution is 2.27. The molecule has 0 spiro atoms. The van der Waals surface area contributed by atoms with Crippen LogP contribution in [0, 0.1) is 0 Å². The SMILES string of the molecule is CN(CCF)c1ccc(-c2nc3ccc(Br)cc3n2C)cc1. The van der Waals surface area contributed by atoms with Gasteiger partial charge in [-0.15, -0.1) is 0 Å². The molecule has 0 saturated heterocycles. The minimum atomic E-state index is -0.349. The predicted octanol–water partition coefficient (Wildman–Crippen LogP) is 4.41. The fourth-order valence-electron chi connectivity index (χ4n) is 2.54. The zero-order chi connectivity index (χ0) is 15.7. The van der Waals surface area contributed by atoms with Crippen LogP contribution in [0.5, 0.6) is 0 Å². The molecule has 1 heterocycles. The van der Waals surface area contributed by atoms with E-state index in [0.717, 1.165) is 32.6 Å². The van der Waals surface area contributed by atoms with E-state index in [1.807, 2.05) is 55.4 Å². The second-order valence-corrected chi connectivity index (χ2v) is 6.20. The molecule has 0 unspecified atom stereocenters. The smallest absolute Gasteiger partial charge is 0.140 e. The molecular weight excluding hydrogens is 345 g/mol. The number of halogens is 2. The van der Waals surface area contributed by atoms with Gasteiger partial charge in [0.05, 0.1) is 11.0 Å². The largest absolute Gasteiger partial charge is 0.372 e. The maximum atomic E-state index is 12.4. The van der Waals surface area contributed by atoms with Gasteiger partial charge < -0.3 is 9.47 Å². The van der Waals surface area contributed by atoms with Gasteiger partial charge in [-0.25, -0.2) is 9.37 Å². The predicted molar refractivity (Wildman–Crippen MR) is 93.1 cm³/mol. The van der Waals surface area contributed by atoms with E-state index >= 15 is 0 Å². The van der Waals surface area contributed by atoms with Crippen molar-refractivity contribution in [1.29, 1.82) is 0 Å². The fraction of sp³-hybridized carbons (Fsp3) is 0.235. The number of alkyl halides is 1. The van der Waals surface area contributed by atoms with Gasteiger partial charge >= 0.3 is 0 Å². The van der Waals surface area contributed by atoms with Crippen molar-refractivity contribution in [3.63, 3.8) is 0 Å². The van der Waals surface area contributed by atoms with E-state index in [1.165, 1.54) is 0 Å². The van der Waals surface area contributed by atoms with Gasteiger partial charge in [0.1, 0.15) is 12.5 Å². The van der Waals surface area contributed by atoms with Crippen LogP contribution in [0.1, 0.15) is 0 Å². The Kier molecular flexibility index (Phi) is 4.16. The third-order valence-corrected chi connectivity index (χ3v) is 4.32. The molecule has 0 atom stereocenters. The topological polar surface area (TPSA) is 21.1 Å². The van der Waals surface area contributed by atoms with Gasteiger partial charge in [-0.2, -0.15) is 0 Å². The summed E-state index contributed by atoms with van der Waals surface area (Å²) in [6.07, 6.45) is 0. The lowest BCUT2D eigenvalue weighted by Gasteiger charge is -2.17. The summed E-state index contributed by atoms with van der Waals surface area (Å²) in [7, 11) is 3.90. The molecule has 0 amide bonds. The van der Waals surface area contributed by atoms with Crippen molar-refractivity contribution in [1.82, 2.24) is 9.55 Å². The van der Waals surface area contributed by atoms with E-state index in [-0.39, 0.29) is 6.67 Å². The molecule has 3 aromatic rings. The lowest BCUT2D eigenvalue weighted by Crippen LogP contribution is -2.19.